The van der Waals surface area contributed by atoms with Gasteiger partial charge in [0.05, 0.1) is 10.6 Å². The predicted octanol–water partition coefficient (Wildman–Crippen LogP) is 8.87. The Bertz CT molecular complexity index is 1620. The van der Waals surface area contributed by atoms with Crippen LogP contribution in [0.25, 0.3) is 12.2 Å². The summed E-state index contributed by atoms with van der Waals surface area (Å²) in [6.07, 6.45) is 1.22. The van der Waals surface area contributed by atoms with Crippen LogP contribution >= 0.6 is 11.6 Å². The first-order valence-electron chi connectivity index (χ1n) is 12.3. The number of allylic oxidation sites excluding steroid dienone is 2. The van der Waals surface area contributed by atoms with Gasteiger partial charge in [-0.2, -0.15) is 13.2 Å². The number of phenolic OH excluding ortho intramolecular Hbond substituents is 2. The van der Waals surface area contributed by atoms with Crippen molar-refractivity contribution in [2.24, 2.45) is 0 Å². The maximum absolute atomic E-state index is 12.7. The summed E-state index contributed by atoms with van der Waals surface area (Å²) in [5.41, 5.74) is 2.47. The fourth-order valence-electron chi connectivity index (χ4n) is 3.72. The normalized spacial score (nSPS) is 11.4. The molecule has 4 aromatic rings. The summed E-state index contributed by atoms with van der Waals surface area (Å²) in [4.78, 5) is 23.8. The van der Waals surface area contributed by atoms with Crippen LogP contribution in [0.1, 0.15) is 48.5 Å². The van der Waals surface area contributed by atoms with Crippen LogP contribution in [0, 0.1) is 13.8 Å². The van der Waals surface area contributed by atoms with Crippen molar-refractivity contribution in [2.45, 2.75) is 20.0 Å². The first-order chi connectivity index (χ1) is 19.3. The molecular formula is C33H26ClF3O4. The molecule has 0 aliphatic carbocycles. The summed E-state index contributed by atoms with van der Waals surface area (Å²) < 4.78 is 38.2. The van der Waals surface area contributed by atoms with Gasteiger partial charge in [0.15, 0.2) is 11.6 Å². The molecule has 0 bridgehead atoms. The molecule has 0 atom stereocenters. The number of halogens is 4. The Morgan fingerprint density at radius 1 is 0.732 bits per heavy atom. The fourth-order valence-corrected chi connectivity index (χ4v) is 3.91. The molecule has 0 unspecified atom stereocenters. The van der Waals surface area contributed by atoms with Crippen LogP contribution in [0.3, 0.4) is 0 Å². The average Bonchev–Trinajstić information content (AvgIpc) is 2.92. The molecule has 4 nitrogen and oxygen atoms in total. The molecule has 4 rings (SSSR count). The Balaban J connectivity index is 0.000000228. The van der Waals surface area contributed by atoms with Crippen molar-refractivity contribution >= 4 is 35.3 Å². The summed E-state index contributed by atoms with van der Waals surface area (Å²) >= 11 is 6.15. The number of aryl methyl sites for hydroxylation is 2. The first kappa shape index (κ1) is 30.9. The molecule has 8 heteroatoms. The number of carbonyl (C=O) groups is 2. The highest BCUT2D eigenvalue weighted by molar-refractivity contribution is 6.33. The smallest absolute Gasteiger partial charge is 0.416 e. The van der Waals surface area contributed by atoms with Crippen molar-refractivity contribution in [1.29, 1.82) is 0 Å². The van der Waals surface area contributed by atoms with Crippen molar-refractivity contribution in [1.82, 2.24) is 0 Å². The van der Waals surface area contributed by atoms with Crippen LogP contribution in [0.5, 0.6) is 11.5 Å². The zero-order chi connectivity index (χ0) is 30.2. The van der Waals surface area contributed by atoms with E-state index in [9.17, 15) is 33.0 Å². The van der Waals surface area contributed by atoms with Crippen molar-refractivity contribution in [2.75, 3.05) is 0 Å². The van der Waals surface area contributed by atoms with Crippen LogP contribution < -0.4 is 0 Å². The second-order valence-electron chi connectivity index (χ2n) is 9.10. The van der Waals surface area contributed by atoms with E-state index < -0.39 is 17.5 Å². The quantitative estimate of drug-likeness (QED) is 0.177. The second-order valence-corrected chi connectivity index (χ2v) is 9.48. The molecule has 0 radical (unpaired) electrons. The van der Waals surface area contributed by atoms with Crippen molar-refractivity contribution in [3.63, 3.8) is 0 Å². The van der Waals surface area contributed by atoms with E-state index in [1.165, 1.54) is 54.6 Å². The van der Waals surface area contributed by atoms with Gasteiger partial charge in [-0.3, -0.25) is 9.59 Å². The van der Waals surface area contributed by atoms with E-state index in [0.29, 0.717) is 21.7 Å². The molecule has 0 amide bonds. The lowest BCUT2D eigenvalue weighted by atomic mass is 10.0. The predicted molar refractivity (Wildman–Crippen MR) is 155 cm³/mol. The van der Waals surface area contributed by atoms with Crippen LogP contribution in [0.15, 0.2) is 97.1 Å². The van der Waals surface area contributed by atoms with Crippen LogP contribution in [-0.4, -0.2) is 21.8 Å². The van der Waals surface area contributed by atoms with Crippen LogP contribution in [-0.2, 0) is 6.18 Å². The minimum atomic E-state index is -4.43. The van der Waals surface area contributed by atoms with Gasteiger partial charge in [-0.1, -0.05) is 66.2 Å². The molecule has 2 N–H and O–H groups in total. The molecule has 41 heavy (non-hydrogen) atoms. The number of aromatic hydroxyl groups is 2. The van der Waals surface area contributed by atoms with E-state index >= 15 is 0 Å². The summed E-state index contributed by atoms with van der Waals surface area (Å²) in [5.74, 6) is -0.540. The third kappa shape index (κ3) is 9.22. The number of phenols is 2. The summed E-state index contributed by atoms with van der Waals surface area (Å²) in [5, 5.41) is 19.3. The minimum absolute atomic E-state index is 0.0471. The third-order valence-electron chi connectivity index (χ3n) is 5.75. The highest BCUT2D eigenvalue weighted by Gasteiger charge is 2.30. The first-order valence-corrected chi connectivity index (χ1v) is 12.7. The average molecular weight is 579 g/mol. The molecule has 0 saturated carbocycles. The molecule has 210 valence electrons. The zero-order valence-electron chi connectivity index (χ0n) is 22.1. The lowest BCUT2D eigenvalue weighted by Crippen LogP contribution is -2.05. The lowest BCUT2D eigenvalue weighted by Gasteiger charge is -2.08. The molecule has 0 spiro atoms. The molecule has 0 aliphatic rings. The number of carbonyl (C=O) groups excluding carboxylic acids is 2. The SMILES string of the molecule is Cc1cc(/C=C/C(=O)c2cccc(O)c2)cc(C(F)(F)F)c1.Cc1cccc(/C=C/C(=O)c2cccc(O)c2)c1Cl. The van der Waals surface area contributed by atoms with E-state index in [1.807, 2.05) is 25.1 Å². The number of hydrogen-bond donors (Lipinski definition) is 2. The van der Waals surface area contributed by atoms with Gasteiger partial charge in [0.25, 0.3) is 0 Å². The Hall–Kier alpha value is -4.62. The lowest BCUT2D eigenvalue weighted by molar-refractivity contribution is -0.137. The fraction of sp³-hybridized carbons (Fsp3) is 0.0909. The van der Waals surface area contributed by atoms with E-state index in [-0.39, 0.29) is 22.8 Å². The standard InChI is InChI=1S/C17H13F3O2.C16H13ClO2/c1-11-7-12(9-14(8-11)17(18,19)20)5-6-16(22)13-3-2-4-15(21)10-13;1-11-4-2-5-12(16(11)17)8-9-15(19)13-6-3-7-14(18)10-13/h2-10,21H,1H3;2-10,18H,1H3/b6-5+;9-8+. The number of ketones is 2. The second kappa shape index (κ2) is 13.6. The maximum Gasteiger partial charge on any atom is 0.416 e. The van der Waals surface area contributed by atoms with Gasteiger partial charge in [-0.05, 0) is 90.7 Å². The summed E-state index contributed by atoms with van der Waals surface area (Å²) in [6, 6.07) is 21.3. The minimum Gasteiger partial charge on any atom is -0.508 e. The number of alkyl halides is 3. The monoisotopic (exact) mass is 578 g/mol. The van der Waals surface area contributed by atoms with Gasteiger partial charge >= 0.3 is 6.18 Å². The van der Waals surface area contributed by atoms with Gasteiger partial charge in [0.2, 0.25) is 0 Å². The van der Waals surface area contributed by atoms with E-state index in [1.54, 1.807) is 31.2 Å². The van der Waals surface area contributed by atoms with Crippen molar-refractivity contribution in [3.05, 3.63) is 141 Å². The highest BCUT2D eigenvalue weighted by Crippen LogP contribution is 2.31. The maximum atomic E-state index is 12.7. The van der Waals surface area contributed by atoms with E-state index in [0.717, 1.165) is 23.3 Å². The van der Waals surface area contributed by atoms with Crippen LogP contribution in [0.4, 0.5) is 13.2 Å². The van der Waals surface area contributed by atoms with Crippen molar-refractivity contribution < 1.29 is 33.0 Å². The Morgan fingerprint density at radius 2 is 1.27 bits per heavy atom. The largest absolute Gasteiger partial charge is 0.508 e. The number of benzene rings is 4. The van der Waals surface area contributed by atoms with Gasteiger partial charge in [0, 0.05) is 11.1 Å². The van der Waals surface area contributed by atoms with Gasteiger partial charge in [0.1, 0.15) is 11.5 Å². The topological polar surface area (TPSA) is 74.6 Å². The summed E-state index contributed by atoms with van der Waals surface area (Å²) in [6.45, 7) is 3.47. The third-order valence-corrected chi connectivity index (χ3v) is 6.27. The summed E-state index contributed by atoms with van der Waals surface area (Å²) in [7, 11) is 0. The van der Waals surface area contributed by atoms with Gasteiger partial charge in [-0.25, -0.2) is 0 Å². The molecule has 0 saturated heterocycles. The molecular weight excluding hydrogens is 553 g/mol. The number of rotatable bonds is 6. The molecule has 0 aromatic heterocycles. The Labute approximate surface area is 240 Å². The van der Waals surface area contributed by atoms with Crippen molar-refractivity contribution in [3.8, 4) is 11.5 Å². The Kier molecular flexibility index (Phi) is 10.3. The molecule has 0 fully saturated rings. The van der Waals surface area contributed by atoms with Gasteiger partial charge < -0.3 is 10.2 Å². The van der Waals surface area contributed by atoms with E-state index in [2.05, 4.69) is 0 Å². The van der Waals surface area contributed by atoms with E-state index in [4.69, 9.17) is 11.6 Å². The number of hydrogen-bond acceptors (Lipinski definition) is 4. The molecule has 0 aliphatic heterocycles. The zero-order valence-corrected chi connectivity index (χ0v) is 22.9. The van der Waals surface area contributed by atoms with Gasteiger partial charge in [-0.15, -0.1) is 0 Å². The highest BCUT2D eigenvalue weighted by atomic mass is 35.5. The molecule has 4 aromatic carbocycles. The molecule has 0 heterocycles. The van der Waals surface area contributed by atoms with Crippen LogP contribution in [0.2, 0.25) is 5.02 Å². The Morgan fingerprint density at radius 3 is 1.80 bits per heavy atom.